The fourth-order valence-corrected chi connectivity index (χ4v) is 1.77. The largest absolute Gasteiger partial charge is 0.380 e. The molecule has 0 aliphatic heterocycles. The number of halogens is 1. The second kappa shape index (κ2) is 2.47. The molecule has 12 heavy (non-hydrogen) atoms. The number of aromatic nitrogens is 2. The average molecular weight is 169 g/mol. The van der Waals surface area contributed by atoms with Gasteiger partial charge in [0.25, 0.3) is 0 Å². The lowest BCUT2D eigenvalue weighted by Gasteiger charge is -2.31. The van der Waals surface area contributed by atoms with Crippen molar-refractivity contribution in [1.82, 2.24) is 10.2 Å². The molecule has 0 unspecified atom stereocenters. The lowest BCUT2D eigenvalue weighted by atomic mass is 9.74. The molecule has 1 aliphatic rings. The van der Waals surface area contributed by atoms with Gasteiger partial charge in [-0.25, -0.2) is 4.39 Å². The maximum absolute atomic E-state index is 13.1. The number of hydrogen-bond acceptors (Lipinski definition) is 2. The maximum atomic E-state index is 13.1. The Kier molecular flexibility index (Phi) is 1.56. The van der Waals surface area contributed by atoms with Crippen molar-refractivity contribution in [3.8, 4) is 0 Å². The average Bonchev–Trinajstić information content (AvgIpc) is 2.28. The first-order valence-corrected chi connectivity index (χ1v) is 4.17. The Balaban J connectivity index is 2.18. The van der Waals surface area contributed by atoms with Crippen molar-refractivity contribution in [1.29, 1.82) is 0 Å². The lowest BCUT2D eigenvalue weighted by Crippen LogP contribution is -2.20. The molecule has 4 heteroatoms. The molecule has 1 fully saturated rings. The Morgan fingerprint density at radius 1 is 1.58 bits per heavy atom. The molecular weight excluding hydrogens is 157 g/mol. The number of aromatic amines is 1. The van der Waals surface area contributed by atoms with Crippen molar-refractivity contribution in [3.63, 3.8) is 0 Å². The van der Waals surface area contributed by atoms with Crippen molar-refractivity contribution in [2.75, 3.05) is 5.73 Å². The van der Waals surface area contributed by atoms with Crippen LogP contribution >= 0.6 is 0 Å². The zero-order valence-corrected chi connectivity index (χ0v) is 6.97. The van der Waals surface area contributed by atoms with Crippen molar-refractivity contribution < 1.29 is 4.39 Å². The molecule has 0 aromatic carbocycles. The van der Waals surface area contributed by atoms with Crippen LogP contribution in [-0.4, -0.2) is 10.2 Å². The van der Waals surface area contributed by atoms with E-state index < -0.39 is 0 Å². The van der Waals surface area contributed by atoms with E-state index in [1.54, 1.807) is 0 Å². The van der Waals surface area contributed by atoms with E-state index in [0.29, 0.717) is 17.5 Å². The molecule has 0 atom stereocenters. The van der Waals surface area contributed by atoms with Crippen molar-refractivity contribution in [2.45, 2.75) is 25.7 Å². The molecule has 1 aliphatic carbocycles. The number of nitrogen functional groups attached to an aromatic ring is 1. The quantitative estimate of drug-likeness (QED) is 0.671. The van der Waals surface area contributed by atoms with Crippen LogP contribution < -0.4 is 5.73 Å². The third-order valence-electron chi connectivity index (χ3n) is 2.54. The SMILES string of the molecule is CC1CC(c2[nH]nc(N)c2F)C1. The van der Waals surface area contributed by atoms with Crippen LogP contribution in [0.3, 0.4) is 0 Å². The fraction of sp³-hybridized carbons (Fsp3) is 0.625. The minimum absolute atomic E-state index is 0.00967. The Labute approximate surface area is 70.2 Å². The molecule has 1 heterocycles. The smallest absolute Gasteiger partial charge is 0.188 e. The molecule has 2 rings (SSSR count). The zero-order chi connectivity index (χ0) is 8.72. The standard InChI is InChI=1S/C8H12FN3/c1-4-2-5(3-4)7-6(9)8(10)12-11-7/h4-5H,2-3H2,1H3,(H3,10,11,12). The van der Waals surface area contributed by atoms with E-state index in [0.717, 1.165) is 12.8 Å². The molecule has 0 bridgehead atoms. The monoisotopic (exact) mass is 169 g/mol. The van der Waals surface area contributed by atoms with Gasteiger partial charge in [-0.2, -0.15) is 5.10 Å². The van der Waals surface area contributed by atoms with Crippen molar-refractivity contribution in [3.05, 3.63) is 11.5 Å². The molecule has 1 aromatic rings. The Morgan fingerprint density at radius 3 is 2.67 bits per heavy atom. The number of nitrogens with zero attached hydrogens (tertiary/aromatic N) is 1. The zero-order valence-electron chi connectivity index (χ0n) is 6.97. The summed E-state index contributed by atoms with van der Waals surface area (Å²) >= 11 is 0. The highest BCUT2D eigenvalue weighted by atomic mass is 19.1. The second-order valence-electron chi connectivity index (χ2n) is 3.61. The first kappa shape index (κ1) is 7.58. The number of nitrogens with two attached hydrogens (primary N) is 1. The summed E-state index contributed by atoms with van der Waals surface area (Å²) in [4.78, 5) is 0. The summed E-state index contributed by atoms with van der Waals surface area (Å²) < 4.78 is 13.1. The summed E-state index contributed by atoms with van der Waals surface area (Å²) in [5.74, 6) is 0.653. The summed E-state index contributed by atoms with van der Waals surface area (Å²) in [5, 5.41) is 6.27. The van der Waals surface area contributed by atoms with Gasteiger partial charge >= 0.3 is 0 Å². The third-order valence-corrected chi connectivity index (χ3v) is 2.54. The first-order valence-electron chi connectivity index (χ1n) is 4.17. The molecule has 0 amide bonds. The van der Waals surface area contributed by atoms with Crippen LogP contribution in [0.2, 0.25) is 0 Å². The predicted octanol–water partition coefficient (Wildman–Crippen LogP) is 1.64. The van der Waals surface area contributed by atoms with E-state index in [4.69, 9.17) is 5.73 Å². The number of hydrogen-bond donors (Lipinski definition) is 2. The Morgan fingerprint density at radius 2 is 2.25 bits per heavy atom. The van der Waals surface area contributed by atoms with Gasteiger partial charge in [0.2, 0.25) is 0 Å². The van der Waals surface area contributed by atoms with Crippen molar-refractivity contribution >= 4 is 5.82 Å². The van der Waals surface area contributed by atoms with Crippen LogP contribution in [-0.2, 0) is 0 Å². The van der Waals surface area contributed by atoms with Gasteiger partial charge in [-0.15, -0.1) is 0 Å². The van der Waals surface area contributed by atoms with E-state index in [-0.39, 0.29) is 11.6 Å². The van der Waals surface area contributed by atoms with Crippen LogP contribution in [0.4, 0.5) is 10.2 Å². The van der Waals surface area contributed by atoms with E-state index in [2.05, 4.69) is 17.1 Å². The molecule has 0 radical (unpaired) electrons. The van der Waals surface area contributed by atoms with Gasteiger partial charge in [0.15, 0.2) is 11.6 Å². The number of nitrogens with one attached hydrogen (secondary N) is 1. The van der Waals surface area contributed by atoms with Crippen LogP contribution in [0, 0.1) is 11.7 Å². The van der Waals surface area contributed by atoms with Crippen LogP contribution in [0.25, 0.3) is 0 Å². The highest BCUT2D eigenvalue weighted by Gasteiger charge is 2.31. The number of anilines is 1. The van der Waals surface area contributed by atoms with Gasteiger partial charge in [0.05, 0.1) is 5.69 Å². The molecule has 1 saturated carbocycles. The van der Waals surface area contributed by atoms with Crippen LogP contribution in [0.15, 0.2) is 0 Å². The second-order valence-corrected chi connectivity index (χ2v) is 3.61. The van der Waals surface area contributed by atoms with Crippen molar-refractivity contribution in [2.24, 2.45) is 5.92 Å². The third kappa shape index (κ3) is 0.983. The van der Waals surface area contributed by atoms with Gasteiger partial charge in [-0.05, 0) is 18.8 Å². The molecule has 3 N–H and O–H groups in total. The van der Waals surface area contributed by atoms with Crippen LogP contribution in [0.1, 0.15) is 31.4 Å². The summed E-state index contributed by atoms with van der Waals surface area (Å²) in [6, 6.07) is 0. The Hall–Kier alpha value is -1.06. The maximum Gasteiger partial charge on any atom is 0.188 e. The predicted molar refractivity (Wildman–Crippen MR) is 44.1 cm³/mol. The lowest BCUT2D eigenvalue weighted by molar-refractivity contribution is 0.277. The molecule has 0 spiro atoms. The summed E-state index contributed by atoms with van der Waals surface area (Å²) in [6.45, 7) is 2.16. The molecule has 66 valence electrons. The molecule has 3 nitrogen and oxygen atoms in total. The minimum atomic E-state index is -0.355. The molecular formula is C8H12FN3. The van der Waals surface area contributed by atoms with E-state index in [1.165, 1.54) is 0 Å². The highest BCUT2D eigenvalue weighted by Crippen LogP contribution is 2.41. The minimum Gasteiger partial charge on any atom is -0.380 e. The highest BCUT2D eigenvalue weighted by molar-refractivity contribution is 5.33. The normalized spacial score (nSPS) is 28.5. The summed E-state index contributed by atoms with van der Waals surface area (Å²) in [5.41, 5.74) is 5.86. The van der Waals surface area contributed by atoms with Gasteiger partial charge in [-0.3, -0.25) is 5.10 Å². The van der Waals surface area contributed by atoms with Gasteiger partial charge in [0, 0.05) is 5.92 Å². The Bertz CT molecular complexity index is 288. The van der Waals surface area contributed by atoms with Gasteiger partial charge in [-0.1, -0.05) is 6.92 Å². The van der Waals surface area contributed by atoms with E-state index in [1.807, 2.05) is 0 Å². The fourth-order valence-electron chi connectivity index (χ4n) is 1.77. The number of H-pyrrole nitrogens is 1. The first-order chi connectivity index (χ1) is 5.68. The topological polar surface area (TPSA) is 54.7 Å². The molecule has 0 saturated heterocycles. The van der Waals surface area contributed by atoms with Gasteiger partial charge < -0.3 is 5.73 Å². The summed E-state index contributed by atoms with van der Waals surface area (Å²) in [6.07, 6.45) is 2.08. The van der Waals surface area contributed by atoms with E-state index in [9.17, 15) is 4.39 Å². The van der Waals surface area contributed by atoms with Gasteiger partial charge in [0.1, 0.15) is 0 Å². The van der Waals surface area contributed by atoms with E-state index >= 15 is 0 Å². The number of rotatable bonds is 1. The van der Waals surface area contributed by atoms with Crippen LogP contribution in [0.5, 0.6) is 0 Å². The molecule has 1 aromatic heterocycles. The summed E-state index contributed by atoms with van der Waals surface area (Å²) in [7, 11) is 0.